The molecule has 130 valence electrons. The third-order valence-corrected chi connectivity index (χ3v) is 4.59. The van der Waals surface area contributed by atoms with E-state index in [1.54, 1.807) is 25.1 Å². The van der Waals surface area contributed by atoms with E-state index in [-0.39, 0.29) is 11.2 Å². The van der Waals surface area contributed by atoms with Gasteiger partial charge in [-0.2, -0.15) is 0 Å². The summed E-state index contributed by atoms with van der Waals surface area (Å²) in [4.78, 5) is 16.7. The molecular weight excluding hydrogens is 360 g/mol. The lowest BCUT2D eigenvalue weighted by atomic mass is 10.3. The summed E-state index contributed by atoms with van der Waals surface area (Å²) in [5.41, 5.74) is 2.03. The van der Waals surface area contributed by atoms with Gasteiger partial charge in [-0.1, -0.05) is 23.4 Å². The van der Waals surface area contributed by atoms with Crippen LogP contribution in [0, 0.1) is 0 Å². The first-order chi connectivity index (χ1) is 12.0. The van der Waals surface area contributed by atoms with Crippen LogP contribution in [0.3, 0.4) is 0 Å². The smallest absolute Gasteiger partial charge is 0.257 e. The van der Waals surface area contributed by atoms with E-state index in [0.717, 1.165) is 5.75 Å². The van der Waals surface area contributed by atoms with Gasteiger partial charge in [-0.3, -0.25) is 4.79 Å². The standard InChI is InChI=1S/C18H17ClN2O3S/c1-3-23-14-7-5-13(6-8-14)20-17(22)11(2)25-18-21-15-9-4-12(19)10-16(15)24-18/h4-11H,3H2,1-2H3,(H,20,22)/t11-/m0/s1. The van der Waals surface area contributed by atoms with Gasteiger partial charge >= 0.3 is 0 Å². The molecule has 0 radical (unpaired) electrons. The Hall–Kier alpha value is -2.18. The van der Waals surface area contributed by atoms with Crippen LogP contribution in [0.1, 0.15) is 13.8 Å². The van der Waals surface area contributed by atoms with E-state index in [1.807, 2.05) is 31.2 Å². The van der Waals surface area contributed by atoms with Gasteiger partial charge < -0.3 is 14.5 Å². The Labute approximate surface area is 154 Å². The highest BCUT2D eigenvalue weighted by atomic mass is 35.5. The normalized spacial score (nSPS) is 12.1. The minimum absolute atomic E-state index is 0.130. The molecule has 3 aromatic rings. The number of thioether (sulfide) groups is 1. The molecule has 1 amide bonds. The molecule has 1 N–H and O–H groups in total. The second-order valence-electron chi connectivity index (χ2n) is 5.30. The van der Waals surface area contributed by atoms with Gasteiger partial charge in [-0.15, -0.1) is 0 Å². The number of hydrogen-bond acceptors (Lipinski definition) is 5. The van der Waals surface area contributed by atoms with Crippen LogP contribution in [0.2, 0.25) is 5.02 Å². The van der Waals surface area contributed by atoms with Crippen LogP contribution in [0.25, 0.3) is 11.1 Å². The highest BCUT2D eigenvalue weighted by Crippen LogP contribution is 2.29. The van der Waals surface area contributed by atoms with Crippen LogP contribution < -0.4 is 10.1 Å². The predicted octanol–water partition coefficient (Wildman–Crippen LogP) is 5.00. The molecule has 1 aromatic heterocycles. The SMILES string of the molecule is CCOc1ccc(NC(=O)[C@H](C)Sc2nc3ccc(Cl)cc3o2)cc1. The fraction of sp³-hybridized carbons (Fsp3) is 0.222. The first-order valence-corrected chi connectivity index (χ1v) is 9.07. The Morgan fingerprint density at radius 2 is 2.08 bits per heavy atom. The Morgan fingerprint density at radius 3 is 2.80 bits per heavy atom. The van der Waals surface area contributed by atoms with Gasteiger partial charge in [0.15, 0.2) is 5.58 Å². The van der Waals surface area contributed by atoms with Crippen LogP contribution in [0.4, 0.5) is 5.69 Å². The van der Waals surface area contributed by atoms with E-state index in [1.165, 1.54) is 11.8 Å². The van der Waals surface area contributed by atoms with Gasteiger partial charge in [0, 0.05) is 16.8 Å². The lowest BCUT2D eigenvalue weighted by Gasteiger charge is -2.10. The fourth-order valence-electron chi connectivity index (χ4n) is 2.18. The summed E-state index contributed by atoms with van der Waals surface area (Å²) in [7, 11) is 0. The Bertz CT molecular complexity index is 880. The molecule has 25 heavy (non-hydrogen) atoms. The largest absolute Gasteiger partial charge is 0.494 e. The number of benzene rings is 2. The van der Waals surface area contributed by atoms with Crippen molar-refractivity contribution in [3.63, 3.8) is 0 Å². The van der Waals surface area contributed by atoms with Crippen molar-refractivity contribution < 1.29 is 13.9 Å². The van der Waals surface area contributed by atoms with E-state index in [9.17, 15) is 4.79 Å². The molecule has 0 bridgehead atoms. The van der Waals surface area contributed by atoms with E-state index in [4.69, 9.17) is 20.8 Å². The molecule has 0 saturated heterocycles. The number of nitrogens with zero attached hydrogens (tertiary/aromatic N) is 1. The number of aromatic nitrogens is 1. The number of carbonyl (C=O) groups excluding carboxylic acids is 1. The van der Waals surface area contributed by atoms with Crippen molar-refractivity contribution in [3.05, 3.63) is 47.5 Å². The first-order valence-electron chi connectivity index (χ1n) is 7.81. The van der Waals surface area contributed by atoms with Crippen molar-refractivity contribution >= 4 is 46.1 Å². The molecule has 1 heterocycles. The fourth-order valence-corrected chi connectivity index (χ4v) is 3.10. The second-order valence-corrected chi connectivity index (χ2v) is 7.03. The van der Waals surface area contributed by atoms with E-state index in [0.29, 0.717) is 33.6 Å². The van der Waals surface area contributed by atoms with Crippen LogP contribution in [0.5, 0.6) is 5.75 Å². The van der Waals surface area contributed by atoms with E-state index >= 15 is 0 Å². The zero-order valence-corrected chi connectivity index (χ0v) is 15.4. The van der Waals surface area contributed by atoms with Crippen LogP contribution >= 0.6 is 23.4 Å². The molecule has 7 heteroatoms. The van der Waals surface area contributed by atoms with Gasteiger partial charge in [-0.25, -0.2) is 4.98 Å². The number of rotatable bonds is 6. The van der Waals surface area contributed by atoms with Crippen molar-refractivity contribution in [2.75, 3.05) is 11.9 Å². The minimum Gasteiger partial charge on any atom is -0.494 e. The molecule has 0 unspecified atom stereocenters. The molecule has 0 fully saturated rings. The maximum atomic E-state index is 12.3. The highest BCUT2D eigenvalue weighted by molar-refractivity contribution is 8.00. The second kappa shape index (κ2) is 7.80. The predicted molar refractivity (Wildman–Crippen MR) is 101 cm³/mol. The third-order valence-electron chi connectivity index (χ3n) is 3.41. The molecule has 5 nitrogen and oxygen atoms in total. The number of oxazole rings is 1. The summed E-state index contributed by atoms with van der Waals surface area (Å²) in [6, 6.07) is 12.5. The quantitative estimate of drug-likeness (QED) is 0.613. The minimum atomic E-state index is -0.366. The Balaban J connectivity index is 1.63. The molecule has 1 atom stereocenters. The summed E-state index contributed by atoms with van der Waals surface area (Å²) in [6.07, 6.45) is 0. The van der Waals surface area contributed by atoms with Crippen molar-refractivity contribution in [3.8, 4) is 5.75 Å². The molecule has 0 spiro atoms. The van der Waals surface area contributed by atoms with Gasteiger partial charge in [0.25, 0.3) is 5.22 Å². The van der Waals surface area contributed by atoms with Crippen molar-refractivity contribution in [2.24, 2.45) is 0 Å². The third kappa shape index (κ3) is 4.46. The van der Waals surface area contributed by atoms with Gasteiger partial charge in [0.1, 0.15) is 11.3 Å². The van der Waals surface area contributed by atoms with Crippen molar-refractivity contribution in [1.82, 2.24) is 4.98 Å². The first kappa shape index (κ1) is 17.6. The lowest BCUT2D eigenvalue weighted by Crippen LogP contribution is -2.22. The number of fused-ring (bicyclic) bond motifs is 1. The number of ether oxygens (including phenoxy) is 1. The number of anilines is 1. The number of amides is 1. The topological polar surface area (TPSA) is 64.4 Å². The summed E-state index contributed by atoms with van der Waals surface area (Å²) < 4.78 is 11.0. The summed E-state index contributed by atoms with van der Waals surface area (Å²) >= 11 is 7.19. The molecular formula is C18H17ClN2O3S. The number of hydrogen-bond donors (Lipinski definition) is 1. The molecule has 3 rings (SSSR count). The van der Waals surface area contributed by atoms with E-state index < -0.39 is 0 Å². The van der Waals surface area contributed by atoms with Gasteiger partial charge in [0.05, 0.1) is 11.9 Å². The zero-order valence-electron chi connectivity index (χ0n) is 13.8. The number of nitrogens with one attached hydrogen (secondary N) is 1. The molecule has 0 aliphatic heterocycles. The molecule has 0 saturated carbocycles. The maximum Gasteiger partial charge on any atom is 0.257 e. The Kier molecular flexibility index (Phi) is 5.50. The van der Waals surface area contributed by atoms with E-state index in [2.05, 4.69) is 10.3 Å². The van der Waals surface area contributed by atoms with Gasteiger partial charge in [0.2, 0.25) is 5.91 Å². The Morgan fingerprint density at radius 1 is 1.32 bits per heavy atom. The number of carbonyl (C=O) groups is 1. The van der Waals surface area contributed by atoms with Crippen molar-refractivity contribution in [2.45, 2.75) is 24.3 Å². The molecule has 0 aliphatic carbocycles. The summed E-state index contributed by atoms with van der Waals surface area (Å²) in [5, 5.41) is 3.52. The van der Waals surface area contributed by atoms with Crippen molar-refractivity contribution in [1.29, 1.82) is 0 Å². The lowest BCUT2D eigenvalue weighted by molar-refractivity contribution is -0.115. The summed E-state index contributed by atoms with van der Waals surface area (Å²) in [5.74, 6) is 0.641. The number of halogens is 1. The summed E-state index contributed by atoms with van der Waals surface area (Å²) in [6.45, 7) is 4.33. The van der Waals surface area contributed by atoms with Crippen LogP contribution in [-0.2, 0) is 4.79 Å². The average molecular weight is 377 g/mol. The van der Waals surface area contributed by atoms with Crippen LogP contribution in [-0.4, -0.2) is 22.7 Å². The highest BCUT2D eigenvalue weighted by Gasteiger charge is 2.18. The molecule has 2 aromatic carbocycles. The van der Waals surface area contributed by atoms with Crippen LogP contribution in [0.15, 0.2) is 52.1 Å². The van der Waals surface area contributed by atoms with Gasteiger partial charge in [-0.05, 0) is 50.2 Å². The monoisotopic (exact) mass is 376 g/mol. The average Bonchev–Trinajstić information content (AvgIpc) is 2.98. The maximum absolute atomic E-state index is 12.3. The molecule has 0 aliphatic rings. The zero-order chi connectivity index (χ0) is 17.8.